The number of aryl methyl sites for hydroxylation is 2. The molecular formula is C30H24N6O. The van der Waals surface area contributed by atoms with E-state index in [0.717, 1.165) is 39.4 Å². The van der Waals surface area contributed by atoms with Crippen molar-refractivity contribution in [2.75, 3.05) is 5.32 Å². The van der Waals surface area contributed by atoms with Gasteiger partial charge in [0.2, 0.25) is 0 Å². The van der Waals surface area contributed by atoms with Crippen LogP contribution < -0.4 is 5.32 Å². The lowest BCUT2D eigenvalue weighted by Crippen LogP contribution is -2.15. The van der Waals surface area contributed by atoms with Gasteiger partial charge < -0.3 is 9.72 Å². The first kappa shape index (κ1) is 22.4. The molecule has 0 fully saturated rings. The van der Waals surface area contributed by atoms with Gasteiger partial charge in [-0.25, -0.2) is 15.0 Å². The first-order valence-corrected chi connectivity index (χ1v) is 12.0. The minimum Gasteiger partial charge on any atom is -0.322 e. The molecule has 0 saturated heterocycles. The van der Waals surface area contributed by atoms with Crippen molar-refractivity contribution in [2.45, 2.75) is 13.8 Å². The third kappa shape index (κ3) is 4.16. The number of hydrogen-bond donors (Lipinski definition) is 1. The van der Waals surface area contributed by atoms with E-state index in [2.05, 4.69) is 15.3 Å². The minimum atomic E-state index is -0.127. The van der Waals surface area contributed by atoms with Crippen LogP contribution in [0.1, 0.15) is 21.5 Å². The number of hydrogen-bond acceptors (Lipinski definition) is 4. The number of nitrogens with one attached hydrogen (secondary N) is 1. The number of fused-ring (bicyclic) bond motifs is 1. The molecule has 3 aromatic heterocycles. The van der Waals surface area contributed by atoms with Crippen LogP contribution in [0.5, 0.6) is 0 Å². The Bertz CT molecular complexity index is 1730. The van der Waals surface area contributed by atoms with Crippen LogP contribution in [-0.2, 0) is 0 Å². The molecule has 6 rings (SSSR count). The highest BCUT2D eigenvalue weighted by Crippen LogP contribution is 2.27. The van der Waals surface area contributed by atoms with Gasteiger partial charge in [0.1, 0.15) is 5.82 Å². The van der Waals surface area contributed by atoms with Gasteiger partial charge in [-0.1, -0.05) is 60.7 Å². The summed E-state index contributed by atoms with van der Waals surface area (Å²) in [5, 5.41) is 3.05. The zero-order valence-electron chi connectivity index (χ0n) is 20.5. The van der Waals surface area contributed by atoms with Crippen molar-refractivity contribution in [2.24, 2.45) is 0 Å². The summed E-state index contributed by atoms with van der Waals surface area (Å²) in [6, 6.07) is 23.6. The highest BCUT2D eigenvalue weighted by atomic mass is 16.1. The fourth-order valence-corrected chi connectivity index (χ4v) is 4.61. The van der Waals surface area contributed by atoms with Crippen LogP contribution in [0.4, 0.5) is 5.69 Å². The van der Waals surface area contributed by atoms with E-state index >= 15 is 0 Å². The van der Waals surface area contributed by atoms with Gasteiger partial charge in [0.15, 0.2) is 11.5 Å². The molecule has 1 N–H and O–H groups in total. The fourth-order valence-electron chi connectivity index (χ4n) is 4.61. The Labute approximate surface area is 214 Å². The molecule has 6 aromatic rings. The second-order valence-corrected chi connectivity index (χ2v) is 8.90. The molecule has 0 bridgehead atoms. The van der Waals surface area contributed by atoms with Gasteiger partial charge in [0, 0.05) is 53.4 Å². The average Bonchev–Trinajstić information content (AvgIpc) is 3.59. The lowest BCUT2D eigenvalue weighted by Gasteiger charge is -2.13. The normalized spacial score (nSPS) is 11.1. The number of benzene rings is 3. The molecule has 0 atom stereocenters. The van der Waals surface area contributed by atoms with Crippen LogP contribution in [0.2, 0.25) is 0 Å². The van der Waals surface area contributed by atoms with E-state index in [-0.39, 0.29) is 5.91 Å². The summed E-state index contributed by atoms with van der Waals surface area (Å²) in [4.78, 5) is 27.2. The van der Waals surface area contributed by atoms with Gasteiger partial charge in [0.05, 0.1) is 5.69 Å². The number of nitrogens with zero attached hydrogens (tertiary/aromatic N) is 5. The predicted octanol–water partition coefficient (Wildman–Crippen LogP) is 6.12. The van der Waals surface area contributed by atoms with Crippen molar-refractivity contribution in [3.05, 3.63) is 120 Å². The summed E-state index contributed by atoms with van der Waals surface area (Å²) in [6.45, 7) is 3.90. The summed E-state index contributed by atoms with van der Waals surface area (Å²) >= 11 is 0. The number of imidazole rings is 2. The van der Waals surface area contributed by atoms with Crippen molar-refractivity contribution in [1.82, 2.24) is 23.9 Å². The SMILES string of the molecule is Cc1cccc(C)c1C(=O)Nc1cccc(-c2cn3ccnc3c(-n3ccnc3-c3ccccc3)n2)c1. The zero-order valence-corrected chi connectivity index (χ0v) is 20.5. The minimum absolute atomic E-state index is 0.127. The maximum Gasteiger partial charge on any atom is 0.256 e. The second-order valence-electron chi connectivity index (χ2n) is 8.90. The van der Waals surface area contributed by atoms with E-state index in [9.17, 15) is 4.79 Å². The van der Waals surface area contributed by atoms with Gasteiger partial charge in [-0.05, 0) is 37.1 Å². The quantitative estimate of drug-likeness (QED) is 0.320. The van der Waals surface area contributed by atoms with Crippen molar-refractivity contribution in [3.63, 3.8) is 0 Å². The molecule has 0 unspecified atom stereocenters. The molecule has 0 aliphatic heterocycles. The Morgan fingerprint density at radius 2 is 1.54 bits per heavy atom. The van der Waals surface area contributed by atoms with E-state index in [1.807, 2.05) is 114 Å². The number of aromatic nitrogens is 5. The van der Waals surface area contributed by atoms with Crippen molar-refractivity contribution in [3.8, 4) is 28.5 Å². The molecule has 7 nitrogen and oxygen atoms in total. The van der Waals surface area contributed by atoms with Crippen molar-refractivity contribution in [1.29, 1.82) is 0 Å². The standard InChI is InChI=1S/C30H24N6O/c1-20-8-6-9-21(2)26(20)30(37)33-24-13-7-12-23(18-24)25-19-35-16-14-32-28(35)29(34-25)36-17-15-31-27(36)22-10-4-3-5-11-22/h3-19H,1-2H3,(H,33,37). The molecule has 0 saturated carbocycles. The number of rotatable bonds is 5. The molecule has 37 heavy (non-hydrogen) atoms. The van der Waals surface area contributed by atoms with E-state index in [1.165, 1.54) is 0 Å². The smallest absolute Gasteiger partial charge is 0.256 e. The third-order valence-electron chi connectivity index (χ3n) is 6.38. The fraction of sp³-hybridized carbons (Fsp3) is 0.0667. The number of carbonyl (C=O) groups excluding carboxylic acids is 1. The van der Waals surface area contributed by atoms with Crippen LogP contribution >= 0.6 is 0 Å². The maximum atomic E-state index is 13.1. The molecule has 3 heterocycles. The molecule has 0 radical (unpaired) electrons. The van der Waals surface area contributed by atoms with Crippen LogP contribution in [-0.4, -0.2) is 29.8 Å². The van der Waals surface area contributed by atoms with Gasteiger partial charge in [-0.3, -0.25) is 9.36 Å². The van der Waals surface area contributed by atoms with E-state index < -0.39 is 0 Å². The maximum absolute atomic E-state index is 13.1. The molecule has 0 aliphatic carbocycles. The molecule has 0 spiro atoms. The Hall–Kier alpha value is -5.04. The van der Waals surface area contributed by atoms with Crippen LogP contribution in [0.3, 0.4) is 0 Å². The number of amides is 1. The molecule has 1 amide bonds. The highest BCUT2D eigenvalue weighted by Gasteiger charge is 2.16. The van der Waals surface area contributed by atoms with Gasteiger partial charge in [0.25, 0.3) is 5.91 Å². The Morgan fingerprint density at radius 3 is 2.35 bits per heavy atom. The Balaban J connectivity index is 1.40. The van der Waals surface area contributed by atoms with Crippen molar-refractivity contribution < 1.29 is 4.79 Å². The summed E-state index contributed by atoms with van der Waals surface area (Å²) < 4.78 is 3.90. The van der Waals surface area contributed by atoms with E-state index in [4.69, 9.17) is 4.98 Å². The largest absolute Gasteiger partial charge is 0.322 e. The lowest BCUT2D eigenvalue weighted by molar-refractivity contribution is 0.102. The number of anilines is 1. The van der Waals surface area contributed by atoms with E-state index in [0.29, 0.717) is 17.1 Å². The van der Waals surface area contributed by atoms with Crippen molar-refractivity contribution >= 4 is 17.2 Å². The van der Waals surface area contributed by atoms with Crippen LogP contribution in [0.15, 0.2) is 104 Å². The Kier molecular flexibility index (Phi) is 5.58. The van der Waals surface area contributed by atoms with Gasteiger partial charge in [-0.2, -0.15) is 0 Å². The Morgan fingerprint density at radius 1 is 0.811 bits per heavy atom. The summed E-state index contributed by atoms with van der Waals surface area (Å²) in [7, 11) is 0. The third-order valence-corrected chi connectivity index (χ3v) is 6.38. The predicted molar refractivity (Wildman–Crippen MR) is 145 cm³/mol. The zero-order chi connectivity index (χ0) is 25.4. The van der Waals surface area contributed by atoms with E-state index in [1.54, 1.807) is 12.4 Å². The summed E-state index contributed by atoms with van der Waals surface area (Å²) in [5.41, 5.74) is 6.61. The van der Waals surface area contributed by atoms with Gasteiger partial charge in [-0.15, -0.1) is 0 Å². The topological polar surface area (TPSA) is 77.1 Å². The summed E-state index contributed by atoms with van der Waals surface area (Å²) in [6.07, 6.45) is 9.25. The van der Waals surface area contributed by atoms with Crippen LogP contribution in [0.25, 0.3) is 34.1 Å². The molecule has 0 aliphatic rings. The number of carbonyl (C=O) groups is 1. The monoisotopic (exact) mass is 484 g/mol. The van der Waals surface area contributed by atoms with Crippen LogP contribution in [0, 0.1) is 13.8 Å². The molecule has 7 heteroatoms. The summed E-state index contributed by atoms with van der Waals surface area (Å²) in [5.74, 6) is 1.32. The second kappa shape index (κ2) is 9.20. The first-order valence-electron chi connectivity index (χ1n) is 12.0. The van der Waals surface area contributed by atoms with Gasteiger partial charge >= 0.3 is 0 Å². The molecule has 180 valence electrons. The highest BCUT2D eigenvalue weighted by molar-refractivity contribution is 6.06. The molecule has 3 aromatic carbocycles. The lowest BCUT2D eigenvalue weighted by atomic mass is 10.0. The molecular weight excluding hydrogens is 460 g/mol. The average molecular weight is 485 g/mol. The first-order chi connectivity index (χ1) is 18.1.